The van der Waals surface area contributed by atoms with Crippen molar-refractivity contribution in [3.63, 3.8) is 0 Å². The van der Waals surface area contributed by atoms with Gasteiger partial charge in [0.1, 0.15) is 18.1 Å². The van der Waals surface area contributed by atoms with E-state index >= 15 is 0 Å². The van der Waals surface area contributed by atoms with E-state index in [0.29, 0.717) is 23.8 Å². The Hall–Kier alpha value is -2.81. The van der Waals surface area contributed by atoms with Gasteiger partial charge in [0, 0.05) is 0 Å². The van der Waals surface area contributed by atoms with Crippen LogP contribution in [0.3, 0.4) is 0 Å². The number of hydrogen-bond donors (Lipinski definition) is 0. The lowest BCUT2D eigenvalue weighted by Gasteiger charge is -2.41. The number of rotatable bonds is 7. The summed E-state index contributed by atoms with van der Waals surface area (Å²) in [6, 6.07) is 15.3. The molecule has 0 heterocycles. The van der Waals surface area contributed by atoms with Gasteiger partial charge in [-0.3, -0.25) is 0 Å². The van der Waals surface area contributed by atoms with E-state index in [2.05, 4.69) is 31.2 Å². The predicted molar refractivity (Wildman–Crippen MR) is 134 cm³/mol. The minimum atomic E-state index is -0.324. The Morgan fingerprint density at radius 2 is 1.55 bits per heavy atom. The molecule has 3 nitrogen and oxygen atoms in total. The molecule has 0 radical (unpaired) electrons. The Morgan fingerprint density at radius 1 is 0.848 bits per heavy atom. The zero-order valence-electron chi connectivity index (χ0n) is 19.9. The molecule has 0 spiro atoms. The molecule has 2 aliphatic carbocycles. The summed E-state index contributed by atoms with van der Waals surface area (Å²) in [7, 11) is 0. The van der Waals surface area contributed by atoms with Crippen LogP contribution in [0.5, 0.6) is 11.5 Å². The lowest BCUT2D eigenvalue weighted by Crippen LogP contribution is -2.30. The second-order valence-corrected chi connectivity index (χ2v) is 9.49. The monoisotopic (exact) mass is 444 g/mol. The van der Waals surface area contributed by atoms with Crippen LogP contribution in [0.2, 0.25) is 0 Å². The van der Waals surface area contributed by atoms with Gasteiger partial charge < -0.3 is 9.47 Å². The van der Waals surface area contributed by atoms with Crippen molar-refractivity contribution in [2.75, 3.05) is 6.61 Å². The van der Waals surface area contributed by atoms with Gasteiger partial charge in [-0.15, -0.1) is 0 Å². The van der Waals surface area contributed by atoms with E-state index in [1.54, 1.807) is 12.1 Å². The summed E-state index contributed by atoms with van der Waals surface area (Å²) < 4.78 is 11.1. The van der Waals surface area contributed by atoms with E-state index in [-0.39, 0.29) is 5.97 Å². The number of ether oxygens (including phenoxy) is 2. The highest BCUT2D eigenvalue weighted by Gasteiger charge is 2.35. The molecule has 0 saturated heterocycles. The van der Waals surface area contributed by atoms with Crippen molar-refractivity contribution < 1.29 is 14.3 Å². The molecule has 2 fully saturated rings. The first-order chi connectivity index (χ1) is 16.2. The number of allylic oxidation sites excluding steroid dienone is 3. The van der Waals surface area contributed by atoms with Gasteiger partial charge in [0.2, 0.25) is 0 Å². The second-order valence-electron chi connectivity index (χ2n) is 9.49. The normalized spacial score (nSPS) is 25.2. The smallest absolute Gasteiger partial charge is 0.343 e. The highest BCUT2D eigenvalue weighted by molar-refractivity contribution is 5.91. The Kier molecular flexibility index (Phi) is 8.04. The molecule has 2 aliphatic rings. The molecule has 2 aromatic carbocycles. The Morgan fingerprint density at radius 3 is 2.27 bits per heavy atom. The van der Waals surface area contributed by atoms with Crippen LogP contribution >= 0.6 is 0 Å². The predicted octanol–water partition coefficient (Wildman–Crippen LogP) is 7.74. The van der Waals surface area contributed by atoms with Gasteiger partial charge in [0.05, 0.1) is 5.56 Å². The number of esters is 1. The number of hydrogen-bond acceptors (Lipinski definition) is 3. The van der Waals surface area contributed by atoms with E-state index in [4.69, 9.17) is 9.47 Å². The maximum Gasteiger partial charge on any atom is 0.343 e. The number of benzene rings is 2. The fourth-order valence-corrected chi connectivity index (χ4v) is 5.58. The van der Waals surface area contributed by atoms with Gasteiger partial charge in [0.25, 0.3) is 0 Å². The van der Waals surface area contributed by atoms with E-state index in [1.807, 2.05) is 43.3 Å². The highest BCUT2D eigenvalue weighted by Crippen LogP contribution is 2.47. The van der Waals surface area contributed by atoms with Crippen LogP contribution in [-0.2, 0) is 0 Å². The molecular weight excluding hydrogens is 408 g/mol. The van der Waals surface area contributed by atoms with Crippen molar-refractivity contribution in [1.82, 2.24) is 0 Å². The number of carbonyl (C=O) groups excluding carboxylic acids is 1. The zero-order valence-corrected chi connectivity index (χ0v) is 19.9. The zero-order chi connectivity index (χ0) is 23.0. The summed E-state index contributed by atoms with van der Waals surface area (Å²) in [5.41, 5.74) is 1.95. The summed E-state index contributed by atoms with van der Waals surface area (Å²) in [6.45, 7) is 4.63. The SMILES string of the molecule is C/C=C/COc1ccc(OC(=O)c2ccc(C3CCC4CC(/C=C/C)CCC4C3)cc2)cc1. The average Bonchev–Trinajstić information content (AvgIpc) is 2.85. The first kappa shape index (κ1) is 23.4. The molecule has 174 valence electrons. The van der Waals surface area contributed by atoms with Gasteiger partial charge in [-0.2, -0.15) is 0 Å². The van der Waals surface area contributed by atoms with E-state index in [9.17, 15) is 4.79 Å². The van der Waals surface area contributed by atoms with Gasteiger partial charge in [-0.25, -0.2) is 4.79 Å². The van der Waals surface area contributed by atoms with Crippen LogP contribution in [0.15, 0.2) is 72.8 Å². The average molecular weight is 445 g/mol. The molecule has 4 unspecified atom stereocenters. The third kappa shape index (κ3) is 6.16. The molecule has 4 atom stereocenters. The molecule has 2 aromatic rings. The molecule has 0 amide bonds. The topological polar surface area (TPSA) is 35.5 Å². The molecular formula is C30H36O3. The maximum absolute atomic E-state index is 12.6. The van der Waals surface area contributed by atoms with Crippen LogP contribution in [0, 0.1) is 17.8 Å². The lowest BCUT2D eigenvalue weighted by atomic mass is 9.64. The summed E-state index contributed by atoms with van der Waals surface area (Å²) in [6.07, 6.45) is 16.5. The third-order valence-corrected chi connectivity index (χ3v) is 7.35. The van der Waals surface area contributed by atoms with Gasteiger partial charge >= 0.3 is 5.97 Å². The molecule has 33 heavy (non-hydrogen) atoms. The van der Waals surface area contributed by atoms with Crippen LogP contribution in [0.1, 0.15) is 74.2 Å². The van der Waals surface area contributed by atoms with Crippen LogP contribution in [-0.4, -0.2) is 12.6 Å². The molecule has 0 bridgehead atoms. The van der Waals surface area contributed by atoms with Gasteiger partial charge in [0.15, 0.2) is 0 Å². The highest BCUT2D eigenvalue weighted by atomic mass is 16.5. The minimum Gasteiger partial charge on any atom is -0.490 e. The Balaban J connectivity index is 1.30. The Labute approximate surface area is 198 Å². The quantitative estimate of drug-likeness (QED) is 0.249. The van der Waals surface area contributed by atoms with Crippen LogP contribution in [0.25, 0.3) is 0 Å². The van der Waals surface area contributed by atoms with Crippen molar-refractivity contribution in [2.45, 2.75) is 58.3 Å². The fourth-order valence-electron chi connectivity index (χ4n) is 5.58. The second kappa shape index (κ2) is 11.4. The Bertz CT molecular complexity index is 955. The fraction of sp³-hybridized carbons (Fsp3) is 0.433. The number of fused-ring (bicyclic) bond motifs is 1. The van der Waals surface area contributed by atoms with E-state index in [1.165, 1.54) is 44.1 Å². The van der Waals surface area contributed by atoms with Crippen molar-refractivity contribution in [2.24, 2.45) is 17.8 Å². The summed E-state index contributed by atoms with van der Waals surface area (Å²) in [5.74, 6) is 4.11. The maximum atomic E-state index is 12.6. The molecule has 3 heteroatoms. The minimum absolute atomic E-state index is 0.324. The third-order valence-electron chi connectivity index (χ3n) is 7.35. The van der Waals surface area contributed by atoms with Gasteiger partial charge in [-0.05, 0) is 118 Å². The van der Waals surface area contributed by atoms with Crippen LogP contribution in [0.4, 0.5) is 0 Å². The van der Waals surface area contributed by atoms with Crippen LogP contribution < -0.4 is 9.47 Å². The first-order valence-electron chi connectivity index (χ1n) is 12.4. The van der Waals surface area contributed by atoms with Gasteiger partial charge in [-0.1, -0.05) is 36.4 Å². The first-order valence-corrected chi connectivity index (χ1v) is 12.4. The van der Waals surface area contributed by atoms with E-state index < -0.39 is 0 Å². The molecule has 0 aliphatic heterocycles. The van der Waals surface area contributed by atoms with Crippen molar-refractivity contribution in [3.05, 3.63) is 84.0 Å². The van der Waals surface area contributed by atoms with Crippen molar-refractivity contribution in [1.29, 1.82) is 0 Å². The summed E-state index contributed by atoms with van der Waals surface area (Å²) in [4.78, 5) is 12.6. The molecule has 2 saturated carbocycles. The molecule has 0 N–H and O–H groups in total. The van der Waals surface area contributed by atoms with E-state index in [0.717, 1.165) is 23.5 Å². The lowest BCUT2D eigenvalue weighted by molar-refractivity contribution is 0.0734. The van der Waals surface area contributed by atoms with Crippen molar-refractivity contribution >= 4 is 5.97 Å². The summed E-state index contributed by atoms with van der Waals surface area (Å²) >= 11 is 0. The number of carbonyl (C=O) groups is 1. The standard InChI is InChI=1S/C30H36O3/c1-3-5-19-32-28-15-17-29(18-16-28)33-30(31)24-11-9-23(10-12-24)26-14-13-25-20-22(6-4-2)7-8-27(25)21-26/h3-6,9-12,15-18,22,25-27H,7-8,13-14,19-21H2,1-2H3/b5-3+,6-4+. The molecule has 0 aromatic heterocycles. The van der Waals surface area contributed by atoms with Crippen molar-refractivity contribution in [3.8, 4) is 11.5 Å². The largest absolute Gasteiger partial charge is 0.490 e. The molecule has 4 rings (SSSR count). The summed E-state index contributed by atoms with van der Waals surface area (Å²) in [5, 5.41) is 0.